The van der Waals surface area contributed by atoms with Crippen molar-refractivity contribution in [2.75, 3.05) is 19.8 Å². The fourth-order valence-corrected chi connectivity index (χ4v) is 5.48. The van der Waals surface area contributed by atoms with E-state index in [0.29, 0.717) is 12.8 Å². The zero-order valence-corrected chi connectivity index (χ0v) is 28.4. The summed E-state index contributed by atoms with van der Waals surface area (Å²) in [6.45, 7) is 2.12. The minimum Gasteiger partial charge on any atom is -0.480 e. The minimum atomic E-state index is -4.71. The molecule has 0 bridgehead atoms. The first-order valence-corrected chi connectivity index (χ1v) is 18.6. The first kappa shape index (κ1) is 42.5. The Morgan fingerprint density at radius 2 is 1.07 bits per heavy atom. The molecule has 0 radical (unpaired) electrons. The van der Waals surface area contributed by atoms with E-state index in [9.17, 15) is 28.9 Å². The van der Waals surface area contributed by atoms with Crippen molar-refractivity contribution >= 4 is 25.7 Å². The SMILES string of the molecule is CCCCCCCCCCCCCCCCCCCCCC(=O)OCC(O)COP(=O)(O)OCC(NC(=O)CCC)C(=O)O. The molecule has 11 nitrogen and oxygen atoms in total. The molecule has 0 saturated carbocycles. The number of aliphatic hydroxyl groups is 1. The number of esters is 1. The molecule has 12 heteroatoms. The van der Waals surface area contributed by atoms with Gasteiger partial charge in [0.05, 0.1) is 13.2 Å². The van der Waals surface area contributed by atoms with Gasteiger partial charge in [0.15, 0.2) is 6.04 Å². The van der Waals surface area contributed by atoms with Gasteiger partial charge in [-0.15, -0.1) is 0 Å². The number of phosphoric acid groups is 1. The van der Waals surface area contributed by atoms with Crippen LogP contribution >= 0.6 is 7.82 Å². The summed E-state index contributed by atoms with van der Waals surface area (Å²) in [6, 6.07) is -1.53. The van der Waals surface area contributed by atoms with Crippen molar-refractivity contribution in [3.63, 3.8) is 0 Å². The number of carbonyl (C=O) groups is 3. The van der Waals surface area contributed by atoms with Gasteiger partial charge in [0.1, 0.15) is 12.7 Å². The van der Waals surface area contributed by atoms with Gasteiger partial charge in [-0.05, 0) is 12.8 Å². The summed E-state index contributed by atoms with van der Waals surface area (Å²) in [7, 11) is -4.71. The average Bonchev–Trinajstić information content (AvgIpc) is 2.98. The molecule has 1 amide bonds. The highest BCUT2D eigenvalue weighted by Crippen LogP contribution is 2.43. The molecule has 0 aliphatic rings. The Morgan fingerprint density at radius 3 is 1.50 bits per heavy atom. The second kappa shape index (κ2) is 28.9. The number of carbonyl (C=O) groups excluding carboxylic acids is 2. The molecule has 0 heterocycles. The minimum absolute atomic E-state index is 0.0988. The van der Waals surface area contributed by atoms with Gasteiger partial charge in [0, 0.05) is 12.8 Å². The van der Waals surface area contributed by atoms with Crippen LogP contribution < -0.4 is 5.32 Å². The third-order valence-electron chi connectivity index (χ3n) is 7.37. The Labute approximate surface area is 265 Å². The maximum atomic E-state index is 12.0. The first-order chi connectivity index (χ1) is 21.1. The number of ether oxygens (including phenoxy) is 1. The van der Waals surface area contributed by atoms with Crippen molar-refractivity contribution in [3.8, 4) is 0 Å². The fourth-order valence-electron chi connectivity index (χ4n) is 4.71. The number of carboxylic acid groups (broad SMARTS) is 1. The molecule has 44 heavy (non-hydrogen) atoms. The second-order valence-electron chi connectivity index (χ2n) is 11.7. The van der Waals surface area contributed by atoms with Gasteiger partial charge >= 0.3 is 19.8 Å². The van der Waals surface area contributed by atoms with Crippen molar-refractivity contribution < 1.29 is 47.8 Å². The summed E-state index contributed by atoms with van der Waals surface area (Å²) in [5, 5.41) is 21.2. The molecular formula is C32H62NO10P. The number of phosphoric ester groups is 1. The smallest absolute Gasteiger partial charge is 0.472 e. The molecule has 3 unspecified atom stereocenters. The molecule has 0 saturated heterocycles. The summed E-state index contributed by atoms with van der Waals surface area (Å²) in [4.78, 5) is 44.4. The number of nitrogens with one attached hydrogen (secondary N) is 1. The number of unbranched alkanes of at least 4 members (excludes halogenated alkanes) is 18. The van der Waals surface area contributed by atoms with Gasteiger partial charge in [0.25, 0.3) is 0 Å². The highest BCUT2D eigenvalue weighted by atomic mass is 31.2. The third-order valence-corrected chi connectivity index (χ3v) is 8.32. The lowest BCUT2D eigenvalue weighted by molar-refractivity contribution is -0.147. The Morgan fingerprint density at radius 1 is 0.636 bits per heavy atom. The molecular weight excluding hydrogens is 589 g/mol. The number of rotatable bonds is 32. The molecule has 0 spiro atoms. The highest BCUT2D eigenvalue weighted by Gasteiger charge is 2.28. The van der Waals surface area contributed by atoms with Crippen LogP contribution in [0.25, 0.3) is 0 Å². The van der Waals surface area contributed by atoms with E-state index in [1.165, 1.54) is 96.3 Å². The van der Waals surface area contributed by atoms with Crippen LogP contribution in [0.5, 0.6) is 0 Å². The fraction of sp³-hybridized carbons (Fsp3) is 0.906. The quantitative estimate of drug-likeness (QED) is 0.0331. The summed E-state index contributed by atoms with van der Waals surface area (Å²) >= 11 is 0. The zero-order valence-electron chi connectivity index (χ0n) is 27.5. The van der Waals surface area contributed by atoms with Crippen LogP contribution in [0.2, 0.25) is 0 Å². The van der Waals surface area contributed by atoms with Crippen molar-refractivity contribution in [2.24, 2.45) is 0 Å². The molecule has 0 aromatic rings. The molecule has 0 aromatic heterocycles. The maximum Gasteiger partial charge on any atom is 0.472 e. The van der Waals surface area contributed by atoms with Crippen molar-refractivity contribution in [2.45, 2.75) is 167 Å². The van der Waals surface area contributed by atoms with E-state index in [1.54, 1.807) is 6.92 Å². The number of hydrogen-bond donors (Lipinski definition) is 4. The van der Waals surface area contributed by atoms with Crippen LogP contribution in [0.3, 0.4) is 0 Å². The lowest BCUT2D eigenvalue weighted by Crippen LogP contribution is -2.43. The monoisotopic (exact) mass is 651 g/mol. The molecule has 0 fully saturated rings. The number of amides is 1. The van der Waals surface area contributed by atoms with Crippen LogP contribution in [0.1, 0.15) is 155 Å². The molecule has 0 aliphatic heterocycles. The second-order valence-corrected chi connectivity index (χ2v) is 13.2. The van der Waals surface area contributed by atoms with E-state index in [1.807, 2.05) is 0 Å². The molecule has 4 N–H and O–H groups in total. The molecule has 0 rings (SSSR count). The Hall–Kier alpha value is -1.52. The van der Waals surface area contributed by atoms with Gasteiger partial charge in [-0.25, -0.2) is 9.36 Å². The average molecular weight is 652 g/mol. The third kappa shape index (κ3) is 28.0. The Kier molecular flexibility index (Phi) is 27.9. The molecule has 3 atom stereocenters. The highest BCUT2D eigenvalue weighted by molar-refractivity contribution is 7.47. The Bertz CT molecular complexity index is 782. The van der Waals surface area contributed by atoms with Crippen LogP contribution in [-0.4, -0.2) is 64.9 Å². The molecule has 0 aromatic carbocycles. The summed E-state index contributed by atoms with van der Waals surface area (Å²) in [6.07, 6.45) is 23.6. The van der Waals surface area contributed by atoms with Gasteiger partial charge < -0.3 is 25.2 Å². The van der Waals surface area contributed by atoms with Crippen molar-refractivity contribution in [1.82, 2.24) is 5.32 Å². The zero-order chi connectivity index (χ0) is 32.9. The topological polar surface area (TPSA) is 169 Å². The largest absolute Gasteiger partial charge is 0.480 e. The van der Waals surface area contributed by atoms with E-state index in [-0.39, 0.29) is 12.8 Å². The molecule has 0 aliphatic carbocycles. The van der Waals surface area contributed by atoms with Gasteiger partial charge in [-0.2, -0.15) is 0 Å². The summed E-state index contributed by atoms with van der Waals surface area (Å²) < 4.78 is 26.3. The number of carboxylic acids is 1. The molecule has 260 valence electrons. The van der Waals surface area contributed by atoms with E-state index in [2.05, 4.69) is 21.3 Å². The predicted octanol–water partition coefficient (Wildman–Crippen LogP) is 7.22. The van der Waals surface area contributed by atoms with Crippen molar-refractivity contribution in [1.29, 1.82) is 0 Å². The van der Waals surface area contributed by atoms with E-state index in [0.717, 1.165) is 19.3 Å². The lowest BCUT2D eigenvalue weighted by atomic mass is 10.0. The number of aliphatic carboxylic acids is 1. The number of aliphatic hydroxyl groups excluding tert-OH is 1. The normalized spacial score (nSPS) is 14.1. The first-order valence-electron chi connectivity index (χ1n) is 17.1. The summed E-state index contributed by atoms with van der Waals surface area (Å²) in [5.41, 5.74) is 0. The summed E-state index contributed by atoms with van der Waals surface area (Å²) in [5.74, 6) is -2.44. The van der Waals surface area contributed by atoms with Gasteiger partial charge in [-0.3, -0.25) is 18.6 Å². The predicted molar refractivity (Wildman–Crippen MR) is 171 cm³/mol. The van der Waals surface area contributed by atoms with E-state index >= 15 is 0 Å². The van der Waals surface area contributed by atoms with Crippen LogP contribution in [0, 0.1) is 0 Å². The van der Waals surface area contributed by atoms with Crippen LogP contribution in [-0.2, 0) is 32.7 Å². The van der Waals surface area contributed by atoms with E-state index < -0.39 is 57.6 Å². The number of hydrogen-bond acceptors (Lipinski definition) is 8. The maximum absolute atomic E-state index is 12.0. The van der Waals surface area contributed by atoms with Gasteiger partial charge in [0.2, 0.25) is 5.91 Å². The van der Waals surface area contributed by atoms with Crippen LogP contribution in [0.4, 0.5) is 0 Å². The van der Waals surface area contributed by atoms with E-state index in [4.69, 9.17) is 9.84 Å². The van der Waals surface area contributed by atoms with Gasteiger partial charge in [-0.1, -0.05) is 129 Å². The Balaban J connectivity index is 3.68. The van der Waals surface area contributed by atoms with Crippen molar-refractivity contribution in [3.05, 3.63) is 0 Å². The standard InChI is InChI=1S/C32H62NO10P/c1-3-5-6-7-8-9-10-11-12-13-14-15-16-17-18-19-20-21-22-24-31(36)41-25-28(34)26-42-44(39,40)43-27-29(32(37)38)33-30(35)23-4-2/h28-29,34H,3-27H2,1-2H3,(H,33,35)(H,37,38)(H,39,40). The lowest BCUT2D eigenvalue weighted by Gasteiger charge is -2.18. The van der Waals surface area contributed by atoms with Crippen LogP contribution in [0.15, 0.2) is 0 Å².